The molecule has 2 heterocycles. The van der Waals surface area contributed by atoms with E-state index in [2.05, 4.69) is 24.1 Å². The van der Waals surface area contributed by atoms with E-state index >= 15 is 0 Å². The first kappa shape index (κ1) is 14.6. The minimum atomic E-state index is -3.48. The third kappa shape index (κ3) is 3.04. The van der Waals surface area contributed by atoms with Crippen LogP contribution in [0, 0.1) is 0 Å². The summed E-state index contributed by atoms with van der Waals surface area (Å²) < 4.78 is 26.9. The molecule has 0 saturated carbocycles. The van der Waals surface area contributed by atoms with Crippen LogP contribution in [0.4, 0.5) is 5.82 Å². The van der Waals surface area contributed by atoms with Crippen LogP contribution in [0.3, 0.4) is 0 Å². The molecular formula is C12H19N3O2S2. The fourth-order valence-corrected chi connectivity index (χ4v) is 5.16. The molecule has 0 aromatic carbocycles. The van der Waals surface area contributed by atoms with Crippen molar-refractivity contribution in [1.29, 1.82) is 0 Å². The molecule has 19 heavy (non-hydrogen) atoms. The Balaban J connectivity index is 2.37. The van der Waals surface area contributed by atoms with Gasteiger partial charge in [-0.2, -0.15) is 16.1 Å². The lowest BCUT2D eigenvalue weighted by molar-refractivity contribution is 0.387. The Morgan fingerprint density at radius 3 is 2.84 bits per heavy atom. The molecule has 0 atom stereocenters. The van der Waals surface area contributed by atoms with E-state index in [4.69, 9.17) is 0 Å². The number of nitrogens with zero attached hydrogens (tertiary/aromatic N) is 2. The lowest BCUT2D eigenvalue weighted by Gasteiger charge is -2.36. The summed E-state index contributed by atoms with van der Waals surface area (Å²) in [5.41, 5.74) is 0. The molecule has 0 unspecified atom stereocenters. The molecule has 1 fully saturated rings. The predicted octanol–water partition coefficient (Wildman–Crippen LogP) is 1.64. The summed E-state index contributed by atoms with van der Waals surface area (Å²) in [4.78, 5) is 4.32. The van der Waals surface area contributed by atoms with Crippen LogP contribution in [0.25, 0.3) is 0 Å². The zero-order chi connectivity index (χ0) is 14.1. The summed E-state index contributed by atoms with van der Waals surface area (Å²) in [6, 6.07) is 3.25. The number of rotatable bonds is 3. The molecular weight excluding hydrogens is 282 g/mol. The van der Waals surface area contributed by atoms with Crippen LogP contribution in [0.5, 0.6) is 0 Å². The largest absolute Gasteiger partial charge is 0.372 e. The number of sulfonamides is 1. The van der Waals surface area contributed by atoms with Gasteiger partial charge in [0.15, 0.2) is 0 Å². The molecule has 2 rings (SSSR count). The molecule has 1 aliphatic rings. The van der Waals surface area contributed by atoms with Gasteiger partial charge in [-0.25, -0.2) is 13.4 Å². The molecule has 1 aliphatic heterocycles. The Bertz CT molecular complexity index is 558. The zero-order valence-electron chi connectivity index (χ0n) is 11.4. The Hall–Kier alpha value is -0.790. The van der Waals surface area contributed by atoms with E-state index in [1.54, 1.807) is 29.7 Å². The molecule has 106 valence electrons. The van der Waals surface area contributed by atoms with Gasteiger partial charge in [0.1, 0.15) is 10.7 Å². The van der Waals surface area contributed by atoms with Gasteiger partial charge in [-0.05, 0) is 26.0 Å². The van der Waals surface area contributed by atoms with Crippen molar-refractivity contribution in [3.05, 3.63) is 18.3 Å². The summed E-state index contributed by atoms with van der Waals surface area (Å²) in [6.45, 7) is 5.22. The highest BCUT2D eigenvalue weighted by Gasteiger charge is 2.35. The first-order chi connectivity index (χ1) is 8.87. The molecule has 0 aliphatic carbocycles. The van der Waals surface area contributed by atoms with Crippen LogP contribution in [0.15, 0.2) is 23.2 Å². The van der Waals surface area contributed by atoms with E-state index in [0.29, 0.717) is 18.9 Å². The van der Waals surface area contributed by atoms with Crippen LogP contribution in [0.1, 0.15) is 13.8 Å². The van der Waals surface area contributed by atoms with Crippen molar-refractivity contribution in [2.75, 3.05) is 31.2 Å². The first-order valence-corrected chi connectivity index (χ1v) is 8.56. The van der Waals surface area contributed by atoms with E-state index < -0.39 is 10.0 Å². The maximum absolute atomic E-state index is 12.7. The molecule has 0 bridgehead atoms. The number of thioether (sulfide) groups is 1. The normalized spacial score (nSPS) is 20.2. The van der Waals surface area contributed by atoms with Gasteiger partial charge < -0.3 is 5.32 Å². The maximum atomic E-state index is 12.7. The van der Waals surface area contributed by atoms with E-state index in [1.165, 1.54) is 0 Å². The molecule has 0 amide bonds. The third-order valence-corrected chi connectivity index (χ3v) is 6.19. The van der Waals surface area contributed by atoms with Gasteiger partial charge in [-0.3, -0.25) is 0 Å². The molecule has 0 radical (unpaired) electrons. The lowest BCUT2D eigenvalue weighted by atomic mass is 10.2. The highest BCUT2D eigenvalue weighted by molar-refractivity contribution is 8.00. The van der Waals surface area contributed by atoms with Gasteiger partial charge in [0.25, 0.3) is 0 Å². The van der Waals surface area contributed by atoms with Crippen molar-refractivity contribution in [1.82, 2.24) is 9.29 Å². The van der Waals surface area contributed by atoms with Gasteiger partial charge >= 0.3 is 0 Å². The Morgan fingerprint density at radius 1 is 1.47 bits per heavy atom. The summed E-state index contributed by atoms with van der Waals surface area (Å²) in [5.74, 6) is 1.22. The van der Waals surface area contributed by atoms with Crippen molar-refractivity contribution in [2.45, 2.75) is 23.5 Å². The summed E-state index contributed by atoms with van der Waals surface area (Å²) >= 11 is 1.81. The van der Waals surface area contributed by atoms with Crippen molar-refractivity contribution >= 4 is 27.6 Å². The highest BCUT2D eigenvalue weighted by atomic mass is 32.2. The Labute approximate surface area is 118 Å². The second-order valence-electron chi connectivity index (χ2n) is 5.05. The van der Waals surface area contributed by atoms with Crippen LogP contribution < -0.4 is 5.32 Å². The molecule has 1 N–H and O–H groups in total. The maximum Gasteiger partial charge on any atom is 0.246 e. The smallest absolute Gasteiger partial charge is 0.246 e. The quantitative estimate of drug-likeness (QED) is 0.919. The van der Waals surface area contributed by atoms with E-state index in [9.17, 15) is 8.42 Å². The second-order valence-corrected chi connectivity index (χ2v) is 8.76. The first-order valence-electron chi connectivity index (χ1n) is 6.14. The minimum absolute atomic E-state index is 0.0483. The van der Waals surface area contributed by atoms with Crippen LogP contribution in [-0.4, -0.2) is 48.3 Å². The number of nitrogens with one attached hydrogen (secondary N) is 1. The topological polar surface area (TPSA) is 62.3 Å². The average Bonchev–Trinajstić information content (AvgIpc) is 2.37. The highest BCUT2D eigenvalue weighted by Crippen LogP contribution is 2.33. The van der Waals surface area contributed by atoms with Crippen LogP contribution >= 0.6 is 11.8 Å². The lowest BCUT2D eigenvalue weighted by Crippen LogP contribution is -2.46. The number of hydrogen-bond donors (Lipinski definition) is 1. The zero-order valence-corrected chi connectivity index (χ0v) is 13.0. The van der Waals surface area contributed by atoms with E-state index in [1.807, 2.05) is 11.8 Å². The van der Waals surface area contributed by atoms with E-state index in [0.717, 1.165) is 5.75 Å². The van der Waals surface area contributed by atoms with E-state index in [-0.39, 0.29) is 9.64 Å². The number of aromatic nitrogens is 1. The fraction of sp³-hybridized carbons (Fsp3) is 0.583. The van der Waals surface area contributed by atoms with Gasteiger partial charge in [0, 0.05) is 36.8 Å². The molecule has 7 heteroatoms. The summed E-state index contributed by atoms with van der Waals surface area (Å²) in [7, 11) is -1.80. The summed E-state index contributed by atoms with van der Waals surface area (Å²) in [5, 5.41) is 2.84. The predicted molar refractivity (Wildman–Crippen MR) is 79.1 cm³/mol. The van der Waals surface area contributed by atoms with Gasteiger partial charge in [-0.1, -0.05) is 0 Å². The summed E-state index contributed by atoms with van der Waals surface area (Å²) in [6.07, 6.45) is 1.58. The molecule has 5 nitrogen and oxygen atoms in total. The van der Waals surface area contributed by atoms with Crippen LogP contribution in [-0.2, 0) is 10.0 Å². The van der Waals surface area contributed by atoms with Gasteiger partial charge in [-0.15, -0.1) is 0 Å². The number of anilines is 1. The Kier molecular flexibility index (Phi) is 4.08. The minimum Gasteiger partial charge on any atom is -0.372 e. The molecule has 1 saturated heterocycles. The SMILES string of the molecule is CNc1ncccc1S(=O)(=O)N1CCSC(C)(C)C1. The molecule has 1 aromatic rings. The van der Waals surface area contributed by atoms with Crippen molar-refractivity contribution in [2.24, 2.45) is 0 Å². The van der Waals surface area contributed by atoms with Crippen molar-refractivity contribution < 1.29 is 8.42 Å². The van der Waals surface area contributed by atoms with Gasteiger partial charge in [0.05, 0.1) is 0 Å². The molecule has 1 aromatic heterocycles. The monoisotopic (exact) mass is 301 g/mol. The Morgan fingerprint density at radius 2 is 2.21 bits per heavy atom. The third-order valence-electron chi connectivity index (χ3n) is 3.02. The van der Waals surface area contributed by atoms with Crippen LogP contribution in [0.2, 0.25) is 0 Å². The van der Waals surface area contributed by atoms with Crippen molar-refractivity contribution in [3.63, 3.8) is 0 Å². The van der Waals surface area contributed by atoms with Crippen molar-refractivity contribution in [3.8, 4) is 0 Å². The molecule has 0 spiro atoms. The standard InChI is InChI=1S/C12H19N3O2S2/c1-12(2)9-15(7-8-18-12)19(16,17)10-5-4-6-14-11(10)13-3/h4-6H,7-9H2,1-3H3,(H,13,14). The second kappa shape index (κ2) is 5.30. The number of pyridine rings is 1. The average molecular weight is 301 g/mol. The number of hydrogen-bond acceptors (Lipinski definition) is 5. The fourth-order valence-electron chi connectivity index (χ4n) is 2.10. The van der Waals surface area contributed by atoms with Gasteiger partial charge in [0.2, 0.25) is 10.0 Å².